The molecule has 34 heavy (non-hydrogen) atoms. The molecule has 0 aliphatic heterocycles. The summed E-state index contributed by atoms with van der Waals surface area (Å²) in [6.45, 7) is 3.82. The van der Waals surface area contributed by atoms with Gasteiger partial charge in [-0.15, -0.1) is 19.8 Å². The van der Waals surface area contributed by atoms with Crippen molar-refractivity contribution in [1.29, 1.82) is 0 Å². The first kappa shape index (κ1) is 24.3. The molecule has 0 atom stereocenters. The van der Waals surface area contributed by atoms with Crippen molar-refractivity contribution in [2.75, 3.05) is 0 Å². The van der Waals surface area contributed by atoms with Crippen LogP contribution in [0.5, 0.6) is 5.75 Å². The molecular weight excluding hydrogens is 440 g/mol. The zero-order chi connectivity index (χ0) is 24.1. The summed E-state index contributed by atoms with van der Waals surface area (Å²) in [5.74, 6) is 0.864. The number of alkyl halides is 3. The molecule has 0 N–H and O–H groups in total. The lowest BCUT2D eigenvalue weighted by Crippen LogP contribution is -2.17. The molecule has 1 aliphatic carbocycles. The molecule has 3 aromatic carbocycles. The molecule has 4 rings (SSSR count). The van der Waals surface area contributed by atoms with Gasteiger partial charge in [0.2, 0.25) is 0 Å². The van der Waals surface area contributed by atoms with E-state index in [0.29, 0.717) is 29.7 Å². The Balaban J connectivity index is 1.40. The van der Waals surface area contributed by atoms with Gasteiger partial charge in [0.25, 0.3) is 0 Å². The van der Waals surface area contributed by atoms with Gasteiger partial charge in [0.15, 0.2) is 0 Å². The molecule has 0 bridgehead atoms. The molecule has 0 spiro atoms. The molecule has 0 saturated heterocycles. The summed E-state index contributed by atoms with van der Waals surface area (Å²) in [5.41, 5.74) is 2.73. The highest BCUT2D eigenvalue weighted by Gasteiger charge is 2.31. The Morgan fingerprint density at radius 3 is 2.32 bits per heavy atom. The molecule has 5 heteroatoms. The molecule has 180 valence electrons. The van der Waals surface area contributed by atoms with E-state index in [2.05, 4.69) is 23.4 Å². The number of aryl methyl sites for hydroxylation is 2. The van der Waals surface area contributed by atoms with E-state index in [-0.39, 0.29) is 11.6 Å². The monoisotopic (exact) mass is 470 g/mol. The van der Waals surface area contributed by atoms with E-state index in [1.54, 1.807) is 12.1 Å². The van der Waals surface area contributed by atoms with Crippen molar-refractivity contribution >= 4 is 10.8 Å². The number of ether oxygens (including phenoxy) is 1. The van der Waals surface area contributed by atoms with Crippen molar-refractivity contribution in [3.8, 4) is 5.75 Å². The molecule has 0 aromatic heterocycles. The molecule has 1 nitrogen and oxygen atoms in total. The van der Waals surface area contributed by atoms with Crippen molar-refractivity contribution in [2.45, 2.75) is 63.6 Å². The van der Waals surface area contributed by atoms with Crippen LogP contribution in [-0.2, 0) is 12.8 Å². The lowest BCUT2D eigenvalue weighted by Gasteiger charge is -2.28. The van der Waals surface area contributed by atoms with E-state index >= 15 is 4.39 Å². The number of allylic oxidation sites excluding steroid dienone is 1. The summed E-state index contributed by atoms with van der Waals surface area (Å²) >= 11 is 0. The van der Waals surface area contributed by atoms with Crippen LogP contribution in [0.4, 0.5) is 17.6 Å². The van der Waals surface area contributed by atoms with Crippen LogP contribution in [0.25, 0.3) is 10.8 Å². The summed E-state index contributed by atoms with van der Waals surface area (Å²) < 4.78 is 56.0. The number of fused-ring (bicyclic) bond motifs is 1. The topological polar surface area (TPSA) is 9.23 Å². The maximum absolute atomic E-state index is 15.2. The van der Waals surface area contributed by atoms with E-state index in [1.165, 1.54) is 49.8 Å². The average molecular weight is 471 g/mol. The predicted molar refractivity (Wildman–Crippen MR) is 129 cm³/mol. The lowest BCUT2D eigenvalue weighted by atomic mass is 9.77. The lowest BCUT2D eigenvalue weighted by molar-refractivity contribution is -0.274. The van der Waals surface area contributed by atoms with Crippen molar-refractivity contribution in [1.82, 2.24) is 0 Å². The smallest absolute Gasteiger partial charge is 0.406 e. The molecule has 1 saturated carbocycles. The van der Waals surface area contributed by atoms with E-state index in [4.69, 9.17) is 0 Å². The summed E-state index contributed by atoms with van der Waals surface area (Å²) in [5, 5.41) is 1.54. The van der Waals surface area contributed by atoms with E-state index in [9.17, 15) is 13.2 Å². The van der Waals surface area contributed by atoms with Crippen molar-refractivity contribution in [3.05, 3.63) is 89.8 Å². The first-order chi connectivity index (χ1) is 16.3. The highest BCUT2D eigenvalue weighted by Crippen LogP contribution is 2.38. The standard InChI is InChI=1S/C29H30F4O/c1-2-3-4-20-5-10-22(11-6-20)24-15-18-27-25(19-24)14-13-23(28(27)30)12-7-21-8-16-26(17-9-21)34-29(31,32)33/h2,8-9,13-20,22H,1,3-7,10-12H2. The highest BCUT2D eigenvalue weighted by atomic mass is 19.4. The van der Waals surface area contributed by atoms with Crippen molar-refractivity contribution in [2.24, 2.45) is 5.92 Å². The highest BCUT2D eigenvalue weighted by molar-refractivity contribution is 5.84. The fraction of sp³-hybridized carbons (Fsp3) is 0.379. The van der Waals surface area contributed by atoms with Gasteiger partial charge in [-0.2, -0.15) is 0 Å². The normalized spacial score (nSPS) is 18.7. The van der Waals surface area contributed by atoms with Crippen LogP contribution >= 0.6 is 0 Å². The largest absolute Gasteiger partial charge is 0.573 e. The van der Waals surface area contributed by atoms with E-state index in [1.807, 2.05) is 24.3 Å². The number of hydrogen-bond donors (Lipinski definition) is 0. The third-order valence-electron chi connectivity index (χ3n) is 7.00. The van der Waals surface area contributed by atoms with Gasteiger partial charge in [0.05, 0.1) is 0 Å². The second-order valence-corrected chi connectivity index (χ2v) is 9.29. The number of rotatable bonds is 8. The van der Waals surface area contributed by atoms with Crippen LogP contribution < -0.4 is 4.74 Å². The first-order valence-electron chi connectivity index (χ1n) is 12.0. The molecule has 1 fully saturated rings. The van der Waals surface area contributed by atoms with Gasteiger partial charge in [0, 0.05) is 5.39 Å². The average Bonchev–Trinajstić information content (AvgIpc) is 2.82. The van der Waals surface area contributed by atoms with Crippen LogP contribution in [0.2, 0.25) is 0 Å². The second-order valence-electron chi connectivity index (χ2n) is 9.29. The summed E-state index contributed by atoms with van der Waals surface area (Å²) in [7, 11) is 0. The van der Waals surface area contributed by atoms with E-state index in [0.717, 1.165) is 23.3 Å². The Morgan fingerprint density at radius 1 is 0.912 bits per heavy atom. The SMILES string of the molecule is C=CCCC1CCC(c2ccc3c(F)c(CCc4ccc(OC(F)(F)F)cc4)ccc3c2)CC1. The Morgan fingerprint density at radius 2 is 1.65 bits per heavy atom. The molecule has 1 aliphatic rings. The zero-order valence-electron chi connectivity index (χ0n) is 19.2. The Bertz CT molecular complexity index is 1110. The molecule has 3 aromatic rings. The third-order valence-corrected chi connectivity index (χ3v) is 7.00. The number of halogens is 4. The second kappa shape index (κ2) is 10.6. The van der Waals surface area contributed by atoms with Crippen LogP contribution in [-0.4, -0.2) is 6.36 Å². The predicted octanol–water partition coefficient (Wildman–Crippen LogP) is 8.90. The van der Waals surface area contributed by atoms with Gasteiger partial charge < -0.3 is 4.74 Å². The van der Waals surface area contributed by atoms with Crippen LogP contribution in [0, 0.1) is 11.7 Å². The maximum Gasteiger partial charge on any atom is 0.573 e. The zero-order valence-corrected chi connectivity index (χ0v) is 19.2. The van der Waals surface area contributed by atoms with Gasteiger partial charge in [-0.1, -0.05) is 48.5 Å². The Labute approximate surface area is 198 Å². The van der Waals surface area contributed by atoms with Gasteiger partial charge in [0.1, 0.15) is 11.6 Å². The number of benzene rings is 3. The molecule has 0 amide bonds. The van der Waals surface area contributed by atoms with Crippen LogP contribution in [0.15, 0.2) is 67.3 Å². The third kappa shape index (κ3) is 6.19. The number of hydrogen-bond acceptors (Lipinski definition) is 1. The fourth-order valence-corrected chi connectivity index (χ4v) is 5.08. The van der Waals surface area contributed by atoms with Crippen molar-refractivity contribution < 1.29 is 22.3 Å². The Kier molecular flexibility index (Phi) is 7.60. The van der Waals surface area contributed by atoms with E-state index < -0.39 is 6.36 Å². The quantitative estimate of drug-likeness (QED) is 0.236. The minimum atomic E-state index is -4.71. The molecular formula is C29H30F4O. The van der Waals surface area contributed by atoms with Gasteiger partial charge >= 0.3 is 6.36 Å². The van der Waals surface area contributed by atoms with Gasteiger partial charge in [-0.05, 0) is 97.4 Å². The fourth-order valence-electron chi connectivity index (χ4n) is 5.08. The Hall–Kier alpha value is -2.82. The molecule has 0 heterocycles. The van der Waals surface area contributed by atoms with Crippen molar-refractivity contribution in [3.63, 3.8) is 0 Å². The first-order valence-corrected chi connectivity index (χ1v) is 12.0. The molecule has 0 radical (unpaired) electrons. The summed E-state index contributed by atoms with van der Waals surface area (Å²) in [4.78, 5) is 0. The van der Waals surface area contributed by atoms with Crippen LogP contribution in [0.3, 0.4) is 0 Å². The summed E-state index contributed by atoms with van der Waals surface area (Å²) in [6.07, 6.45) is 5.46. The summed E-state index contributed by atoms with van der Waals surface area (Å²) in [6, 6.07) is 15.6. The molecule has 0 unspecified atom stereocenters. The van der Waals surface area contributed by atoms with Gasteiger partial charge in [-0.3, -0.25) is 0 Å². The minimum absolute atomic E-state index is 0.214. The maximum atomic E-state index is 15.2. The van der Waals surface area contributed by atoms with Crippen LogP contribution in [0.1, 0.15) is 61.1 Å². The van der Waals surface area contributed by atoms with Gasteiger partial charge in [-0.25, -0.2) is 4.39 Å². The minimum Gasteiger partial charge on any atom is -0.406 e.